The first kappa shape index (κ1) is 12.1. The first-order chi connectivity index (χ1) is 7.75. The molecule has 2 saturated carbocycles. The molecule has 0 bridgehead atoms. The molecule has 16 heavy (non-hydrogen) atoms. The molecule has 0 spiro atoms. The predicted molar refractivity (Wildman–Crippen MR) is 61.2 cm³/mol. The van der Waals surface area contributed by atoms with Gasteiger partial charge in [-0.1, -0.05) is 19.3 Å². The fourth-order valence-corrected chi connectivity index (χ4v) is 2.71. The number of carbonyl (C=O) groups excluding carboxylic acids is 1. The molecule has 0 aromatic carbocycles. The number of ketones is 1. The molecular weight excluding hydrogens is 204 g/mol. The summed E-state index contributed by atoms with van der Waals surface area (Å²) in [6, 6.07) is 0. The highest BCUT2D eigenvalue weighted by Gasteiger charge is 2.27. The minimum Gasteiger partial charge on any atom is -0.390 e. The van der Waals surface area contributed by atoms with E-state index in [1.54, 1.807) is 0 Å². The zero-order chi connectivity index (χ0) is 11.4. The van der Waals surface area contributed by atoms with Gasteiger partial charge in [-0.2, -0.15) is 0 Å². The van der Waals surface area contributed by atoms with Crippen LogP contribution in [0.15, 0.2) is 0 Å². The van der Waals surface area contributed by atoms with E-state index in [4.69, 9.17) is 4.74 Å². The standard InChI is InChI=1S/C13H22O3/c14-10-6-8-11(9-7-10)16-13-5-3-1-2-4-12(13)15/h11-13,15H,1-9H2. The summed E-state index contributed by atoms with van der Waals surface area (Å²) in [6.45, 7) is 0. The van der Waals surface area contributed by atoms with Gasteiger partial charge in [0.15, 0.2) is 0 Å². The molecule has 0 aliphatic heterocycles. The Bertz CT molecular complexity index is 229. The number of ether oxygens (including phenoxy) is 1. The van der Waals surface area contributed by atoms with Crippen molar-refractivity contribution in [2.75, 3.05) is 0 Å². The van der Waals surface area contributed by atoms with Crippen molar-refractivity contribution >= 4 is 5.78 Å². The van der Waals surface area contributed by atoms with Crippen LogP contribution >= 0.6 is 0 Å². The van der Waals surface area contributed by atoms with Crippen molar-refractivity contribution in [3.8, 4) is 0 Å². The van der Waals surface area contributed by atoms with E-state index in [9.17, 15) is 9.90 Å². The quantitative estimate of drug-likeness (QED) is 0.734. The fraction of sp³-hybridized carbons (Fsp3) is 0.923. The Morgan fingerprint density at radius 3 is 2.44 bits per heavy atom. The van der Waals surface area contributed by atoms with E-state index in [0.717, 1.165) is 38.5 Å². The number of rotatable bonds is 2. The summed E-state index contributed by atoms with van der Waals surface area (Å²) in [6.07, 6.45) is 8.28. The Morgan fingerprint density at radius 1 is 1.00 bits per heavy atom. The van der Waals surface area contributed by atoms with Crippen LogP contribution in [0.25, 0.3) is 0 Å². The highest BCUT2D eigenvalue weighted by molar-refractivity contribution is 5.79. The van der Waals surface area contributed by atoms with Crippen molar-refractivity contribution < 1.29 is 14.6 Å². The summed E-state index contributed by atoms with van der Waals surface area (Å²) >= 11 is 0. The molecule has 2 fully saturated rings. The van der Waals surface area contributed by atoms with Gasteiger partial charge in [0.1, 0.15) is 5.78 Å². The number of aliphatic hydroxyl groups excluding tert-OH is 1. The Labute approximate surface area is 97.2 Å². The maximum Gasteiger partial charge on any atom is 0.133 e. The van der Waals surface area contributed by atoms with Gasteiger partial charge in [0, 0.05) is 12.8 Å². The highest BCUT2D eigenvalue weighted by Crippen LogP contribution is 2.26. The zero-order valence-corrected chi connectivity index (χ0v) is 9.86. The topological polar surface area (TPSA) is 46.5 Å². The molecule has 2 atom stereocenters. The molecule has 2 rings (SSSR count). The molecule has 92 valence electrons. The summed E-state index contributed by atoms with van der Waals surface area (Å²) in [5.41, 5.74) is 0. The number of Topliss-reactive ketones (excluding diaryl/α,β-unsaturated/α-hetero) is 1. The largest absolute Gasteiger partial charge is 0.390 e. The molecule has 0 saturated heterocycles. The van der Waals surface area contributed by atoms with Crippen molar-refractivity contribution in [3.63, 3.8) is 0 Å². The van der Waals surface area contributed by atoms with E-state index in [2.05, 4.69) is 0 Å². The molecule has 0 amide bonds. The first-order valence-corrected chi connectivity index (χ1v) is 6.61. The van der Waals surface area contributed by atoms with Crippen molar-refractivity contribution in [3.05, 3.63) is 0 Å². The minimum absolute atomic E-state index is 0.0145. The number of hydrogen-bond donors (Lipinski definition) is 1. The summed E-state index contributed by atoms with van der Waals surface area (Å²) in [5, 5.41) is 9.94. The Morgan fingerprint density at radius 2 is 1.69 bits per heavy atom. The normalized spacial score (nSPS) is 33.7. The molecule has 0 radical (unpaired) electrons. The molecule has 2 unspecified atom stereocenters. The molecule has 2 aliphatic rings. The van der Waals surface area contributed by atoms with E-state index < -0.39 is 0 Å². The van der Waals surface area contributed by atoms with E-state index >= 15 is 0 Å². The smallest absolute Gasteiger partial charge is 0.133 e. The van der Waals surface area contributed by atoms with E-state index in [1.165, 1.54) is 6.42 Å². The van der Waals surface area contributed by atoms with Gasteiger partial charge in [-0.05, 0) is 25.7 Å². The van der Waals surface area contributed by atoms with Gasteiger partial charge in [0.25, 0.3) is 0 Å². The Hall–Kier alpha value is -0.410. The lowest BCUT2D eigenvalue weighted by Crippen LogP contribution is -2.34. The average molecular weight is 226 g/mol. The Kier molecular flexibility index (Phi) is 4.36. The van der Waals surface area contributed by atoms with Gasteiger partial charge in [0.05, 0.1) is 18.3 Å². The summed E-state index contributed by atoms with van der Waals surface area (Å²) in [4.78, 5) is 11.1. The van der Waals surface area contributed by atoms with Gasteiger partial charge in [-0.3, -0.25) is 4.79 Å². The molecule has 3 nitrogen and oxygen atoms in total. The van der Waals surface area contributed by atoms with Crippen molar-refractivity contribution in [2.45, 2.75) is 76.1 Å². The second-order valence-electron chi connectivity index (χ2n) is 5.12. The summed E-state index contributed by atoms with van der Waals surface area (Å²) < 4.78 is 5.97. The minimum atomic E-state index is -0.292. The molecule has 0 aromatic rings. The number of hydrogen-bond acceptors (Lipinski definition) is 3. The van der Waals surface area contributed by atoms with Crippen LogP contribution in [0.1, 0.15) is 57.8 Å². The van der Waals surface area contributed by atoms with Crippen LogP contribution in [0.4, 0.5) is 0 Å². The molecule has 0 aromatic heterocycles. The average Bonchev–Trinajstić information content (AvgIpc) is 2.48. The lowest BCUT2D eigenvalue weighted by molar-refractivity contribution is -0.127. The van der Waals surface area contributed by atoms with Crippen LogP contribution in [-0.2, 0) is 9.53 Å². The van der Waals surface area contributed by atoms with Crippen LogP contribution in [0.3, 0.4) is 0 Å². The van der Waals surface area contributed by atoms with Crippen LogP contribution in [0, 0.1) is 0 Å². The SMILES string of the molecule is O=C1CCC(OC2CCCCCC2O)CC1. The monoisotopic (exact) mass is 226 g/mol. The lowest BCUT2D eigenvalue weighted by Gasteiger charge is -2.29. The third kappa shape index (κ3) is 3.29. The second kappa shape index (κ2) is 5.78. The van der Waals surface area contributed by atoms with Crippen molar-refractivity contribution in [1.82, 2.24) is 0 Å². The van der Waals surface area contributed by atoms with Crippen molar-refractivity contribution in [1.29, 1.82) is 0 Å². The van der Waals surface area contributed by atoms with Crippen LogP contribution in [0.5, 0.6) is 0 Å². The van der Waals surface area contributed by atoms with E-state index in [-0.39, 0.29) is 18.3 Å². The maximum absolute atomic E-state index is 11.1. The number of aliphatic hydroxyl groups is 1. The summed E-state index contributed by atoms with van der Waals surface area (Å²) in [5.74, 6) is 0.362. The van der Waals surface area contributed by atoms with Crippen LogP contribution in [-0.4, -0.2) is 29.2 Å². The van der Waals surface area contributed by atoms with Crippen LogP contribution in [0.2, 0.25) is 0 Å². The highest BCUT2D eigenvalue weighted by atomic mass is 16.5. The number of carbonyl (C=O) groups is 1. The predicted octanol–water partition coefficient (Wildman–Crippen LogP) is 2.21. The third-order valence-electron chi connectivity index (χ3n) is 3.78. The first-order valence-electron chi connectivity index (χ1n) is 6.61. The molecule has 2 aliphatic carbocycles. The fourth-order valence-electron chi connectivity index (χ4n) is 2.71. The molecule has 1 N–H and O–H groups in total. The zero-order valence-electron chi connectivity index (χ0n) is 9.86. The lowest BCUT2D eigenvalue weighted by atomic mass is 9.96. The van der Waals surface area contributed by atoms with Gasteiger partial charge in [-0.15, -0.1) is 0 Å². The van der Waals surface area contributed by atoms with Gasteiger partial charge in [0.2, 0.25) is 0 Å². The van der Waals surface area contributed by atoms with Crippen LogP contribution < -0.4 is 0 Å². The molecule has 3 heteroatoms. The van der Waals surface area contributed by atoms with Crippen molar-refractivity contribution in [2.24, 2.45) is 0 Å². The van der Waals surface area contributed by atoms with E-state index in [0.29, 0.717) is 18.6 Å². The molecule has 0 heterocycles. The summed E-state index contributed by atoms with van der Waals surface area (Å²) in [7, 11) is 0. The Balaban J connectivity index is 1.80. The second-order valence-corrected chi connectivity index (χ2v) is 5.12. The van der Waals surface area contributed by atoms with Gasteiger partial charge < -0.3 is 9.84 Å². The maximum atomic E-state index is 11.1. The molecular formula is C13H22O3. The van der Waals surface area contributed by atoms with Gasteiger partial charge in [-0.25, -0.2) is 0 Å². The van der Waals surface area contributed by atoms with Gasteiger partial charge >= 0.3 is 0 Å². The van der Waals surface area contributed by atoms with E-state index in [1.807, 2.05) is 0 Å². The third-order valence-corrected chi connectivity index (χ3v) is 3.78.